The van der Waals surface area contributed by atoms with Crippen molar-refractivity contribution in [3.05, 3.63) is 77.1 Å². The number of carbonyl (C=O) groups is 1. The highest BCUT2D eigenvalue weighted by Gasteiger charge is 2.10. The molecule has 7 heteroatoms. The minimum atomic E-state index is -0.496. The van der Waals surface area contributed by atoms with E-state index >= 15 is 0 Å². The number of hydrogen-bond donors (Lipinski definition) is 3. The van der Waals surface area contributed by atoms with Crippen LogP contribution in [0.5, 0.6) is 5.75 Å². The van der Waals surface area contributed by atoms with Gasteiger partial charge in [0.2, 0.25) is 0 Å². The molecule has 0 unspecified atom stereocenters. The fourth-order valence-corrected chi connectivity index (χ4v) is 2.91. The average molecular weight is 383 g/mol. The van der Waals surface area contributed by atoms with Gasteiger partial charge < -0.3 is 10.1 Å². The molecule has 0 fully saturated rings. The summed E-state index contributed by atoms with van der Waals surface area (Å²) in [6.07, 6.45) is 3.37. The van der Waals surface area contributed by atoms with Crippen LogP contribution in [0.1, 0.15) is 11.1 Å². The summed E-state index contributed by atoms with van der Waals surface area (Å²) in [4.78, 5) is 15.8. The smallest absolute Gasteiger partial charge is 0.333 e. The number of urea groups is 1. The molecule has 2 amide bonds. The number of carbonyl (C=O) groups excluding carboxylic acids is 1. The highest BCUT2D eigenvalue weighted by atomic mass is 35.5. The van der Waals surface area contributed by atoms with E-state index in [1.165, 1.54) is 0 Å². The SMILES string of the molecule is Cc1cccc(NC(=O)NN)c1COc1cncc(-c2ccccc2Cl)c1. The summed E-state index contributed by atoms with van der Waals surface area (Å²) in [7, 11) is 0. The lowest BCUT2D eigenvalue weighted by Gasteiger charge is -2.15. The minimum absolute atomic E-state index is 0.264. The Kier molecular flexibility index (Phi) is 5.90. The summed E-state index contributed by atoms with van der Waals surface area (Å²) in [5, 5.41) is 3.34. The lowest BCUT2D eigenvalue weighted by molar-refractivity contribution is 0.252. The zero-order valence-corrected chi connectivity index (χ0v) is 15.5. The van der Waals surface area contributed by atoms with E-state index in [9.17, 15) is 4.79 Å². The molecule has 6 nitrogen and oxygen atoms in total. The Morgan fingerprint density at radius 2 is 2.00 bits per heavy atom. The van der Waals surface area contributed by atoms with Gasteiger partial charge in [-0.2, -0.15) is 0 Å². The lowest BCUT2D eigenvalue weighted by Crippen LogP contribution is -2.34. The molecule has 4 N–H and O–H groups in total. The maximum Gasteiger partial charge on any atom is 0.333 e. The maximum atomic E-state index is 11.5. The molecule has 138 valence electrons. The predicted molar refractivity (Wildman–Crippen MR) is 107 cm³/mol. The van der Waals surface area contributed by atoms with E-state index in [-0.39, 0.29) is 6.61 Å². The Bertz CT molecular complexity index is 962. The summed E-state index contributed by atoms with van der Waals surface area (Å²) in [6.45, 7) is 2.21. The van der Waals surface area contributed by atoms with Crippen LogP contribution >= 0.6 is 11.6 Å². The van der Waals surface area contributed by atoms with Gasteiger partial charge in [-0.1, -0.05) is 41.9 Å². The maximum absolute atomic E-state index is 11.5. The van der Waals surface area contributed by atoms with Gasteiger partial charge >= 0.3 is 6.03 Å². The first-order chi connectivity index (χ1) is 13.1. The molecule has 0 aliphatic heterocycles. The second-order valence-electron chi connectivity index (χ2n) is 5.88. The Morgan fingerprint density at radius 1 is 1.19 bits per heavy atom. The van der Waals surface area contributed by atoms with Crippen molar-refractivity contribution in [2.24, 2.45) is 5.84 Å². The molecule has 2 aromatic carbocycles. The van der Waals surface area contributed by atoms with Crippen LogP contribution in [-0.4, -0.2) is 11.0 Å². The first-order valence-electron chi connectivity index (χ1n) is 8.27. The van der Waals surface area contributed by atoms with Gasteiger partial charge in [-0.3, -0.25) is 10.4 Å². The molecule has 0 saturated carbocycles. The third-order valence-electron chi connectivity index (χ3n) is 4.07. The Balaban J connectivity index is 1.81. The van der Waals surface area contributed by atoms with E-state index in [1.54, 1.807) is 18.5 Å². The molecule has 0 bridgehead atoms. The number of anilines is 1. The second kappa shape index (κ2) is 8.53. The van der Waals surface area contributed by atoms with E-state index in [2.05, 4.69) is 15.7 Å². The number of nitrogens with one attached hydrogen (secondary N) is 2. The molecule has 27 heavy (non-hydrogen) atoms. The standard InChI is InChI=1S/C20H19ClN4O2/c1-13-5-4-8-19(24-20(26)25-22)17(13)12-27-15-9-14(10-23-11-15)16-6-2-3-7-18(16)21/h2-11H,12,22H2,1H3,(H2,24,25,26). The normalized spacial score (nSPS) is 10.3. The van der Waals surface area contributed by atoms with Crippen LogP contribution < -0.4 is 21.3 Å². The molecule has 0 atom stereocenters. The van der Waals surface area contributed by atoms with Gasteiger partial charge in [-0.25, -0.2) is 10.6 Å². The van der Waals surface area contributed by atoms with E-state index < -0.39 is 6.03 Å². The van der Waals surface area contributed by atoms with Gasteiger partial charge in [0, 0.05) is 33.6 Å². The van der Waals surface area contributed by atoms with Gasteiger partial charge in [-0.05, 0) is 30.7 Å². The third kappa shape index (κ3) is 4.55. The van der Waals surface area contributed by atoms with Gasteiger partial charge in [-0.15, -0.1) is 0 Å². The highest BCUT2D eigenvalue weighted by molar-refractivity contribution is 6.33. The molecular weight excluding hydrogens is 364 g/mol. The molecule has 1 heterocycles. The van der Waals surface area contributed by atoms with Gasteiger partial charge in [0.15, 0.2) is 0 Å². The number of nitrogens with two attached hydrogens (primary N) is 1. The Morgan fingerprint density at radius 3 is 2.78 bits per heavy atom. The first kappa shape index (κ1) is 18.7. The van der Waals surface area contributed by atoms with Crippen molar-refractivity contribution in [3.8, 4) is 16.9 Å². The fourth-order valence-electron chi connectivity index (χ4n) is 2.67. The molecule has 0 spiro atoms. The molecule has 0 aliphatic rings. The van der Waals surface area contributed by atoms with Gasteiger partial charge in [0.05, 0.1) is 6.20 Å². The molecular formula is C20H19ClN4O2. The Hall–Kier alpha value is -3.09. The third-order valence-corrected chi connectivity index (χ3v) is 4.40. The average Bonchev–Trinajstić information content (AvgIpc) is 2.68. The zero-order chi connectivity index (χ0) is 19.2. The molecule has 0 aliphatic carbocycles. The van der Waals surface area contributed by atoms with Crippen LogP contribution in [0, 0.1) is 6.92 Å². The van der Waals surface area contributed by atoms with Crippen molar-refractivity contribution in [1.82, 2.24) is 10.4 Å². The van der Waals surface area contributed by atoms with Crippen molar-refractivity contribution in [2.45, 2.75) is 13.5 Å². The summed E-state index contributed by atoms with van der Waals surface area (Å²) in [5.74, 6) is 5.75. The number of ether oxygens (including phenoxy) is 1. The van der Waals surface area contributed by atoms with E-state index in [4.69, 9.17) is 22.2 Å². The van der Waals surface area contributed by atoms with Crippen LogP contribution in [-0.2, 0) is 6.61 Å². The lowest BCUT2D eigenvalue weighted by atomic mass is 10.1. The van der Waals surface area contributed by atoms with Crippen LogP contribution in [0.4, 0.5) is 10.5 Å². The summed E-state index contributed by atoms with van der Waals surface area (Å²) >= 11 is 6.26. The monoisotopic (exact) mass is 382 g/mol. The second-order valence-corrected chi connectivity index (χ2v) is 6.28. The minimum Gasteiger partial charge on any atom is -0.487 e. The van der Waals surface area contributed by atoms with Crippen molar-refractivity contribution in [3.63, 3.8) is 0 Å². The summed E-state index contributed by atoms with van der Waals surface area (Å²) in [6, 6.07) is 14.5. The molecule has 3 aromatic rings. The first-order valence-corrected chi connectivity index (χ1v) is 8.65. The molecule has 0 radical (unpaired) electrons. The number of hydrogen-bond acceptors (Lipinski definition) is 4. The number of aromatic nitrogens is 1. The van der Waals surface area contributed by atoms with E-state index in [0.717, 1.165) is 22.3 Å². The number of halogens is 1. The van der Waals surface area contributed by atoms with Crippen LogP contribution in [0.25, 0.3) is 11.1 Å². The molecule has 0 saturated heterocycles. The molecule has 1 aromatic heterocycles. The predicted octanol–water partition coefficient (Wildman–Crippen LogP) is 4.28. The van der Waals surface area contributed by atoms with Crippen molar-refractivity contribution >= 4 is 23.3 Å². The van der Waals surface area contributed by atoms with Crippen molar-refractivity contribution < 1.29 is 9.53 Å². The fraction of sp³-hybridized carbons (Fsp3) is 0.100. The molecule has 3 rings (SSSR count). The number of rotatable bonds is 5. The zero-order valence-electron chi connectivity index (χ0n) is 14.7. The van der Waals surface area contributed by atoms with E-state index in [1.807, 2.05) is 49.4 Å². The quantitative estimate of drug-likeness (QED) is 0.349. The number of pyridine rings is 1. The number of aryl methyl sites for hydroxylation is 1. The van der Waals surface area contributed by atoms with Crippen LogP contribution in [0.3, 0.4) is 0 Å². The van der Waals surface area contributed by atoms with Crippen LogP contribution in [0.15, 0.2) is 60.9 Å². The van der Waals surface area contributed by atoms with Gasteiger partial charge in [0.1, 0.15) is 12.4 Å². The summed E-state index contributed by atoms with van der Waals surface area (Å²) < 4.78 is 5.92. The van der Waals surface area contributed by atoms with E-state index in [0.29, 0.717) is 16.5 Å². The summed E-state index contributed by atoms with van der Waals surface area (Å²) in [5.41, 5.74) is 6.27. The van der Waals surface area contributed by atoms with Gasteiger partial charge in [0.25, 0.3) is 0 Å². The number of nitrogens with zero attached hydrogens (tertiary/aromatic N) is 1. The Labute approximate surface area is 162 Å². The van der Waals surface area contributed by atoms with Crippen molar-refractivity contribution in [1.29, 1.82) is 0 Å². The van der Waals surface area contributed by atoms with Crippen molar-refractivity contribution in [2.75, 3.05) is 5.32 Å². The number of hydrazine groups is 1. The van der Waals surface area contributed by atoms with Crippen LogP contribution in [0.2, 0.25) is 5.02 Å². The topological polar surface area (TPSA) is 89.3 Å². The highest BCUT2D eigenvalue weighted by Crippen LogP contribution is 2.29. The largest absolute Gasteiger partial charge is 0.487 e. The number of benzene rings is 2. The number of amides is 2.